The quantitative estimate of drug-likeness (QED) is 0.839. The largest absolute Gasteiger partial charge is 0.381 e. The molecular formula is C17H34N2O. The van der Waals surface area contributed by atoms with Crippen molar-refractivity contribution in [3.05, 3.63) is 0 Å². The third kappa shape index (κ3) is 4.44. The van der Waals surface area contributed by atoms with Crippen LogP contribution < -0.4 is 5.32 Å². The van der Waals surface area contributed by atoms with Gasteiger partial charge in [0.25, 0.3) is 0 Å². The fourth-order valence-electron chi connectivity index (χ4n) is 4.01. The van der Waals surface area contributed by atoms with Crippen molar-refractivity contribution in [3.63, 3.8) is 0 Å². The van der Waals surface area contributed by atoms with Gasteiger partial charge < -0.3 is 15.0 Å². The van der Waals surface area contributed by atoms with E-state index in [1.165, 1.54) is 38.6 Å². The minimum Gasteiger partial charge on any atom is -0.381 e. The Bertz CT molecular complexity index is 287. The summed E-state index contributed by atoms with van der Waals surface area (Å²) < 4.78 is 5.64. The van der Waals surface area contributed by atoms with Gasteiger partial charge in [-0.15, -0.1) is 0 Å². The van der Waals surface area contributed by atoms with E-state index in [9.17, 15) is 0 Å². The van der Waals surface area contributed by atoms with E-state index >= 15 is 0 Å². The van der Waals surface area contributed by atoms with Gasteiger partial charge in [-0.1, -0.05) is 20.8 Å². The van der Waals surface area contributed by atoms with Crippen LogP contribution in [0.3, 0.4) is 0 Å². The summed E-state index contributed by atoms with van der Waals surface area (Å²) in [4.78, 5) is 2.62. The molecule has 0 bridgehead atoms. The predicted molar refractivity (Wildman–Crippen MR) is 85.1 cm³/mol. The smallest absolute Gasteiger partial charge is 0.0506 e. The zero-order valence-corrected chi connectivity index (χ0v) is 14.0. The average molecular weight is 282 g/mol. The van der Waals surface area contributed by atoms with Gasteiger partial charge in [0, 0.05) is 25.2 Å². The normalized spacial score (nSPS) is 34.4. The van der Waals surface area contributed by atoms with Crippen LogP contribution in [0.2, 0.25) is 0 Å². The summed E-state index contributed by atoms with van der Waals surface area (Å²) in [6.07, 6.45) is 6.56. The van der Waals surface area contributed by atoms with Crippen molar-refractivity contribution >= 4 is 0 Å². The highest BCUT2D eigenvalue weighted by Gasteiger charge is 2.37. The lowest BCUT2D eigenvalue weighted by molar-refractivity contribution is 0.0188. The van der Waals surface area contributed by atoms with E-state index in [1.807, 2.05) is 0 Å². The van der Waals surface area contributed by atoms with Gasteiger partial charge >= 0.3 is 0 Å². The minimum absolute atomic E-state index is 0.494. The number of nitrogens with zero attached hydrogens (tertiary/aromatic N) is 1. The Kier molecular flexibility index (Phi) is 5.88. The maximum Gasteiger partial charge on any atom is 0.0506 e. The number of likely N-dealkylation sites (N-methyl/N-ethyl adjacent to an activating group) is 2. The van der Waals surface area contributed by atoms with Gasteiger partial charge in [-0.2, -0.15) is 0 Å². The van der Waals surface area contributed by atoms with E-state index in [0.717, 1.165) is 25.7 Å². The number of hydrogen-bond acceptors (Lipinski definition) is 3. The first-order valence-corrected chi connectivity index (χ1v) is 8.53. The highest BCUT2D eigenvalue weighted by Crippen LogP contribution is 2.37. The van der Waals surface area contributed by atoms with Crippen LogP contribution in [0.15, 0.2) is 0 Å². The maximum atomic E-state index is 5.64. The summed E-state index contributed by atoms with van der Waals surface area (Å²) in [5.74, 6) is 0.737. The Balaban J connectivity index is 1.93. The number of nitrogens with one attached hydrogen (secondary N) is 1. The first-order chi connectivity index (χ1) is 9.52. The molecule has 0 amide bonds. The zero-order chi connectivity index (χ0) is 14.6. The third-order valence-electron chi connectivity index (χ3n) is 5.19. The van der Waals surface area contributed by atoms with Gasteiger partial charge in [-0.3, -0.25) is 0 Å². The molecular weight excluding hydrogens is 248 g/mol. The summed E-state index contributed by atoms with van der Waals surface area (Å²) in [5, 5.41) is 3.72. The molecule has 1 saturated carbocycles. The monoisotopic (exact) mass is 282 g/mol. The summed E-state index contributed by atoms with van der Waals surface area (Å²) in [7, 11) is 2.32. The van der Waals surface area contributed by atoms with Gasteiger partial charge in [0.05, 0.1) is 6.61 Å². The van der Waals surface area contributed by atoms with Crippen molar-refractivity contribution in [1.29, 1.82) is 0 Å². The van der Waals surface area contributed by atoms with E-state index in [1.54, 1.807) is 0 Å². The van der Waals surface area contributed by atoms with Crippen molar-refractivity contribution in [2.24, 2.45) is 11.3 Å². The minimum atomic E-state index is 0.494. The lowest BCUT2D eigenvalue weighted by Crippen LogP contribution is -2.54. The lowest BCUT2D eigenvalue weighted by Gasteiger charge is -2.46. The SMILES string of the molecule is CCNC1CCC(C)(C)CC1N(C)CC1CCCOC1. The van der Waals surface area contributed by atoms with Crippen LogP contribution in [0.4, 0.5) is 0 Å². The van der Waals surface area contributed by atoms with Gasteiger partial charge in [-0.25, -0.2) is 0 Å². The topological polar surface area (TPSA) is 24.5 Å². The maximum absolute atomic E-state index is 5.64. The summed E-state index contributed by atoms with van der Waals surface area (Å²) >= 11 is 0. The van der Waals surface area contributed by atoms with Crippen LogP contribution in [-0.4, -0.2) is 50.3 Å². The molecule has 3 nitrogen and oxygen atoms in total. The zero-order valence-electron chi connectivity index (χ0n) is 14.0. The van der Waals surface area contributed by atoms with Gasteiger partial charge in [0.15, 0.2) is 0 Å². The molecule has 1 heterocycles. The van der Waals surface area contributed by atoms with Crippen molar-refractivity contribution < 1.29 is 4.74 Å². The van der Waals surface area contributed by atoms with E-state index in [0.29, 0.717) is 17.5 Å². The van der Waals surface area contributed by atoms with Crippen LogP contribution in [0.1, 0.15) is 52.9 Å². The first kappa shape index (κ1) is 16.3. The second-order valence-corrected chi connectivity index (χ2v) is 7.66. The van der Waals surface area contributed by atoms with E-state index in [2.05, 4.69) is 38.0 Å². The van der Waals surface area contributed by atoms with Crippen molar-refractivity contribution in [2.75, 3.05) is 33.4 Å². The molecule has 1 N–H and O–H groups in total. The second kappa shape index (κ2) is 7.24. The van der Waals surface area contributed by atoms with Crippen LogP contribution >= 0.6 is 0 Å². The molecule has 3 heteroatoms. The molecule has 1 aliphatic heterocycles. The number of hydrogen-bond donors (Lipinski definition) is 1. The highest BCUT2D eigenvalue weighted by molar-refractivity contribution is 4.94. The summed E-state index contributed by atoms with van der Waals surface area (Å²) in [5.41, 5.74) is 0.494. The van der Waals surface area contributed by atoms with Crippen molar-refractivity contribution in [1.82, 2.24) is 10.2 Å². The Morgan fingerprint density at radius 1 is 1.30 bits per heavy atom. The number of rotatable bonds is 5. The third-order valence-corrected chi connectivity index (χ3v) is 5.19. The van der Waals surface area contributed by atoms with E-state index in [-0.39, 0.29) is 0 Å². The fraction of sp³-hybridized carbons (Fsp3) is 1.00. The Morgan fingerprint density at radius 3 is 2.75 bits per heavy atom. The molecule has 0 radical (unpaired) electrons. The molecule has 2 fully saturated rings. The second-order valence-electron chi connectivity index (χ2n) is 7.66. The lowest BCUT2D eigenvalue weighted by atomic mass is 9.72. The average Bonchev–Trinajstić information content (AvgIpc) is 2.42. The number of ether oxygens (including phenoxy) is 1. The fourth-order valence-corrected chi connectivity index (χ4v) is 4.01. The molecule has 0 aromatic heterocycles. The molecule has 1 aliphatic carbocycles. The standard InChI is InChI=1S/C17H34N2O/c1-5-18-15-8-9-17(2,3)11-16(15)19(4)12-14-7-6-10-20-13-14/h14-16,18H,5-13H2,1-4H3. The van der Waals surface area contributed by atoms with Crippen LogP contribution in [0.25, 0.3) is 0 Å². The predicted octanol–water partition coefficient (Wildman–Crippen LogP) is 2.90. The van der Waals surface area contributed by atoms with Crippen molar-refractivity contribution in [3.8, 4) is 0 Å². The van der Waals surface area contributed by atoms with Crippen LogP contribution in [0.5, 0.6) is 0 Å². The molecule has 118 valence electrons. The molecule has 2 aliphatic rings. The Hall–Kier alpha value is -0.120. The van der Waals surface area contributed by atoms with Gasteiger partial charge in [-0.05, 0) is 57.0 Å². The summed E-state index contributed by atoms with van der Waals surface area (Å²) in [6, 6.07) is 1.35. The van der Waals surface area contributed by atoms with Crippen LogP contribution in [0, 0.1) is 11.3 Å². The van der Waals surface area contributed by atoms with E-state index in [4.69, 9.17) is 4.74 Å². The molecule has 20 heavy (non-hydrogen) atoms. The summed E-state index contributed by atoms with van der Waals surface area (Å²) in [6.45, 7) is 11.3. The van der Waals surface area contributed by atoms with Gasteiger partial charge in [0.2, 0.25) is 0 Å². The Morgan fingerprint density at radius 2 is 2.10 bits per heavy atom. The Labute approximate surface area is 125 Å². The van der Waals surface area contributed by atoms with Crippen LogP contribution in [-0.2, 0) is 4.74 Å². The highest BCUT2D eigenvalue weighted by atomic mass is 16.5. The molecule has 0 aromatic rings. The first-order valence-electron chi connectivity index (χ1n) is 8.53. The van der Waals surface area contributed by atoms with Crippen molar-refractivity contribution in [2.45, 2.75) is 65.0 Å². The molecule has 0 aromatic carbocycles. The molecule has 1 saturated heterocycles. The molecule has 0 spiro atoms. The van der Waals surface area contributed by atoms with E-state index < -0.39 is 0 Å². The molecule has 3 unspecified atom stereocenters. The molecule has 3 atom stereocenters. The van der Waals surface area contributed by atoms with Gasteiger partial charge in [0.1, 0.15) is 0 Å². The molecule has 2 rings (SSSR count).